The van der Waals surface area contributed by atoms with Gasteiger partial charge in [-0.1, -0.05) is 42.5 Å². The second kappa shape index (κ2) is 9.25. The maximum atomic E-state index is 11.9. The van der Waals surface area contributed by atoms with Gasteiger partial charge in [0.2, 0.25) is 0 Å². The molecular weight excluding hydrogens is 398 g/mol. The number of nitrogens with one attached hydrogen (secondary N) is 1. The van der Waals surface area contributed by atoms with Crippen molar-refractivity contribution in [3.8, 4) is 11.1 Å². The molecule has 1 heterocycles. The van der Waals surface area contributed by atoms with Crippen LogP contribution in [0.5, 0.6) is 0 Å². The fraction of sp³-hybridized carbons (Fsp3) is 0.300. The summed E-state index contributed by atoms with van der Waals surface area (Å²) >= 11 is 1.26. The fourth-order valence-corrected chi connectivity index (χ4v) is 6.28. The molecule has 3 rings (SSSR count). The van der Waals surface area contributed by atoms with Gasteiger partial charge in [-0.2, -0.15) is 0 Å². The predicted molar refractivity (Wildman–Crippen MR) is 111 cm³/mol. The van der Waals surface area contributed by atoms with Gasteiger partial charge < -0.3 is 10.1 Å². The van der Waals surface area contributed by atoms with E-state index in [4.69, 9.17) is 4.74 Å². The minimum atomic E-state index is -2.96. The average Bonchev–Trinajstić information content (AvgIpc) is 3.05. The van der Waals surface area contributed by atoms with E-state index in [1.807, 2.05) is 42.5 Å². The van der Waals surface area contributed by atoms with Crippen LogP contribution in [0.15, 0.2) is 54.6 Å². The van der Waals surface area contributed by atoms with Crippen molar-refractivity contribution in [2.45, 2.75) is 11.7 Å². The maximum absolute atomic E-state index is 11.9. The van der Waals surface area contributed by atoms with Crippen molar-refractivity contribution < 1.29 is 22.7 Å². The number of esters is 1. The van der Waals surface area contributed by atoms with Crippen molar-refractivity contribution in [2.75, 3.05) is 29.2 Å². The van der Waals surface area contributed by atoms with E-state index < -0.39 is 21.7 Å². The van der Waals surface area contributed by atoms with Crippen LogP contribution in [0.25, 0.3) is 11.1 Å². The van der Waals surface area contributed by atoms with Gasteiger partial charge in [-0.3, -0.25) is 9.59 Å². The van der Waals surface area contributed by atoms with E-state index in [-0.39, 0.29) is 29.1 Å². The van der Waals surface area contributed by atoms with Crippen LogP contribution in [0.3, 0.4) is 0 Å². The molecule has 148 valence electrons. The summed E-state index contributed by atoms with van der Waals surface area (Å²) in [6.45, 7) is -0.372. The number of carbonyl (C=O) groups excluding carboxylic acids is 2. The number of benzene rings is 2. The van der Waals surface area contributed by atoms with E-state index in [0.717, 1.165) is 11.1 Å². The molecular formula is C20H21NO5S2. The van der Waals surface area contributed by atoms with E-state index in [1.165, 1.54) is 11.8 Å². The molecule has 1 aliphatic rings. The zero-order valence-corrected chi connectivity index (χ0v) is 16.8. The zero-order valence-electron chi connectivity index (χ0n) is 15.2. The van der Waals surface area contributed by atoms with E-state index in [2.05, 4.69) is 5.32 Å². The molecule has 0 unspecified atom stereocenters. The number of thioether (sulfide) groups is 1. The Balaban J connectivity index is 1.40. The Kier molecular flexibility index (Phi) is 6.74. The van der Waals surface area contributed by atoms with E-state index in [0.29, 0.717) is 12.1 Å². The summed E-state index contributed by atoms with van der Waals surface area (Å²) in [6, 6.07) is 17.3. The topological polar surface area (TPSA) is 89.5 Å². The Morgan fingerprint density at radius 1 is 1.04 bits per heavy atom. The van der Waals surface area contributed by atoms with Gasteiger partial charge >= 0.3 is 5.97 Å². The molecule has 1 fully saturated rings. The number of sulfone groups is 1. The van der Waals surface area contributed by atoms with E-state index >= 15 is 0 Å². The monoisotopic (exact) mass is 419 g/mol. The molecule has 1 amide bonds. The highest BCUT2D eigenvalue weighted by atomic mass is 32.2. The van der Waals surface area contributed by atoms with Crippen LogP contribution in [0.4, 0.5) is 5.69 Å². The Morgan fingerprint density at radius 2 is 1.71 bits per heavy atom. The molecule has 6 nitrogen and oxygen atoms in total. The summed E-state index contributed by atoms with van der Waals surface area (Å²) in [5, 5.41) is 2.61. The van der Waals surface area contributed by atoms with Crippen molar-refractivity contribution in [1.29, 1.82) is 0 Å². The molecule has 0 aliphatic carbocycles. The lowest BCUT2D eigenvalue weighted by Crippen LogP contribution is -2.22. The predicted octanol–water partition coefficient (Wildman–Crippen LogP) is 2.76. The number of hydrogen-bond acceptors (Lipinski definition) is 6. The molecule has 0 aromatic heterocycles. The molecule has 2 aromatic carbocycles. The lowest BCUT2D eigenvalue weighted by atomic mass is 10.1. The van der Waals surface area contributed by atoms with Gasteiger partial charge in [-0.25, -0.2) is 8.42 Å². The lowest BCUT2D eigenvalue weighted by Gasteiger charge is -2.09. The van der Waals surface area contributed by atoms with Crippen molar-refractivity contribution in [3.05, 3.63) is 54.6 Å². The largest absolute Gasteiger partial charge is 0.455 e. The molecule has 8 heteroatoms. The summed E-state index contributed by atoms with van der Waals surface area (Å²) in [4.78, 5) is 23.7. The summed E-state index contributed by atoms with van der Waals surface area (Å²) in [5.41, 5.74) is 2.74. The first-order chi connectivity index (χ1) is 13.4. The number of ether oxygens (including phenoxy) is 1. The van der Waals surface area contributed by atoms with Gasteiger partial charge in [0.05, 0.1) is 17.3 Å². The first kappa shape index (κ1) is 20.4. The molecule has 2 aromatic rings. The summed E-state index contributed by atoms with van der Waals surface area (Å²) in [7, 11) is -2.96. The minimum Gasteiger partial charge on any atom is -0.455 e. The van der Waals surface area contributed by atoms with Crippen LogP contribution in [0, 0.1) is 0 Å². The summed E-state index contributed by atoms with van der Waals surface area (Å²) < 4.78 is 27.7. The normalized spacial score (nSPS) is 17.8. The molecule has 0 saturated carbocycles. The Hall–Kier alpha value is -2.32. The van der Waals surface area contributed by atoms with Crippen molar-refractivity contribution >= 4 is 39.2 Å². The van der Waals surface area contributed by atoms with Crippen LogP contribution >= 0.6 is 11.8 Å². The number of rotatable bonds is 7. The highest BCUT2D eigenvalue weighted by Crippen LogP contribution is 2.24. The molecule has 1 N–H and O–H groups in total. The average molecular weight is 420 g/mol. The molecule has 0 radical (unpaired) electrons. The van der Waals surface area contributed by atoms with Gasteiger partial charge in [0, 0.05) is 10.9 Å². The quantitative estimate of drug-likeness (QED) is 0.694. The maximum Gasteiger partial charge on any atom is 0.316 e. The van der Waals surface area contributed by atoms with Gasteiger partial charge in [0.1, 0.15) is 0 Å². The van der Waals surface area contributed by atoms with E-state index in [9.17, 15) is 18.0 Å². The number of hydrogen-bond donors (Lipinski definition) is 1. The Bertz CT molecular complexity index is 927. The summed E-state index contributed by atoms with van der Waals surface area (Å²) in [6.07, 6.45) is 0.555. The van der Waals surface area contributed by atoms with Crippen LogP contribution in [0.1, 0.15) is 6.42 Å². The van der Waals surface area contributed by atoms with Crippen LogP contribution in [-0.4, -0.2) is 49.4 Å². The smallest absolute Gasteiger partial charge is 0.316 e. The van der Waals surface area contributed by atoms with Crippen LogP contribution < -0.4 is 5.32 Å². The lowest BCUT2D eigenvalue weighted by molar-refractivity contribution is -0.144. The number of amides is 1. The standard InChI is InChI=1S/C20H21NO5S2/c22-19(12-26-20(23)13-27-18-10-11-28(24,25)14-18)21-17-8-6-16(7-9-17)15-4-2-1-3-5-15/h1-9,18H,10-14H2,(H,21,22)/t18-/m1/s1. The SMILES string of the molecule is O=C(COC(=O)CS[C@@H]1CCS(=O)(=O)C1)Nc1ccc(-c2ccccc2)cc1. The van der Waals surface area contributed by atoms with E-state index in [1.54, 1.807) is 12.1 Å². The minimum absolute atomic E-state index is 0.0409. The van der Waals surface area contributed by atoms with Gasteiger partial charge in [-0.05, 0) is 29.7 Å². The molecule has 1 aliphatic heterocycles. The summed E-state index contributed by atoms with van der Waals surface area (Å²) in [5.74, 6) is -0.632. The van der Waals surface area contributed by atoms with Gasteiger partial charge in [0.25, 0.3) is 5.91 Å². The highest BCUT2D eigenvalue weighted by Gasteiger charge is 2.28. The number of anilines is 1. The van der Waals surface area contributed by atoms with Crippen molar-refractivity contribution in [1.82, 2.24) is 0 Å². The van der Waals surface area contributed by atoms with Gasteiger partial charge in [0.15, 0.2) is 16.4 Å². The molecule has 1 saturated heterocycles. The second-order valence-corrected chi connectivity index (χ2v) is 10.0. The number of carbonyl (C=O) groups is 2. The van der Waals surface area contributed by atoms with Crippen molar-refractivity contribution in [3.63, 3.8) is 0 Å². The highest BCUT2D eigenvalue weighted by molar-refractivity contribution is 8.02. The first-order valence-electron chi connectivity index (χ1n) is 8.84. The first-order valence-corrected chi connectivity index (χ1v) is 11.7. The van der Waals surface area contributed by atoms with Crippen LogP contribution in [0.2, 0.25) is 0 Å². The zero-order chi connectivity index (χ0) is 20.0. The third-order valence-electron chi connectivity index (χ3n) is 4.27. The molecule has 0 spiro atoms. The second-order valence-electron chi connectivity index (χ2n) is 6.49. The van der Waals surface area contributed by atoms with Gasteiger partial charge in [-0.15, -0.1) is 11.8 Å². The van der Waals surface area contributed by atoms with Crippen LogP contribution in [-0.2, 0) is 24.2 Å². The Morgan fingerprint density at radius 3 is 2.36 bits per heavy atom. The fourth-order valence-electron chi connectivity index (χ4n) is 2.84. The molecule has 1 atom stereocenters. The molecule has 28 heavy (non-hydrogen) atoms. The third kappa shape index (κ3) is 6.10. The Labute approximate surface area is 168 Å². The van der Waals surface area contributed by atoms with Crippen molar-refractivity contribution in [2.24, 2.45) is 0 Å². The third-order valence-corrected chi connectivity index (χ3v) is 7.52. The molecule has 0 bridgehead atoms.